The van der Waals surface area contributed by atoms with E-state index in [4.69, 9.17) is 9.47 Å². The van der Waals surface area contributed by atoms with E-state index >= 15 is 0 Å². The van der Waals surface area contributed by atoms with Gasteiger partial charge in [0.1, 0.15) is 24.1 Å². The average molecular weight is 599 g/mol. The van der Waals surface area contributed by atoms with Crippen LogP contribution in [0.4, 0.5) is 11.4 Å². The quantitative estimate of drug-likeness (QED) is 0.231. The molecule has 3 aromatic rings. The number of likely N-dealkylation sites (N-methyl/N-ethyl adjacent to an activating group) is 1. The van der Waals surface area contributed by atoms with Gasteiger partial charge in [-0.3, -0.25) is 24.0 Å². The molecule has 0 bridgehead atoms. The first kappa shape index (κ1) is 31.9. The Morgan fingerprint density at radius 3 is 2.05 bits per heavy atom. The summed E-state index contributed by atoms with van der Waals surface area (Å²) in [5.74, 6) is 0.00813. The lowest BCUT2D eigenvalue weighted by Crippen LogP contribution is -2.51. The van der Waals surface area contributed by atoms with Crippen LogP contribution in [-0.4, -0.2) is 63.9 Å². The number of ether oxygens (including phenoxy) is 2. The van der Waals surface area contributed by atoms with Gasteiger partial charge in [-0.05, 0) is 61.4 Å². The highest BCUT2D eigenvalue weighted by Gasteiger charge is 2.34. The number of rotatable bonds is 13. The molecule has 12 nitrogen and oxygen atoms in total. The van der Waals surface area contributed by atoms with Crippen LogP contribution in [0.1, 0.15) is 24.5 Å². The first-order valence-corrected chi connectivity index (χ1v) is 14.5. The summed E-state index contributed by atoms with van der Waals surface area (Å²) in [7, 11) is -0.0482. The molecule has 1 atom stereocenters. The van der Waals surface area contributed by atoms with Gasteiger partial charge in [0.05, 0.1) is 29.7 Å². The number of nitro benzene ring substituents is 1. The Hall–Kier alpha value is -4.65. The zero-order valence-electron chi connectivity index (χ0n) is 24.1. The lowest BCUT2D eigenvalue weighted by molar-refractivity contribution is -0.385. The van der Waals surface area contributed by atoms with Crippen LogP contribution in [-0.2, 0) is 26.2 Å². The first-order valence-electron chi connectivity index (χ1n) is 13.0. The third kappa shape index (κ3) is 7.16. The predicted molar refractivity (Wildman–Crippen MR) is 157 cm³/mol. The van der Waals surface area contributed by atoms with Crippen molar-refractivity contribution in [1.29, 1.82) is 0 Å². The number of amides is 2. The normalized spacial score (nSPS) is 11.7. The summed E-state index contributed by atoms with van der Waals surface area (Å²) in [5.41, 5.74) is 0.737. The molecule has 1 unspecified atom stereocenters. The van der Waals surface area contributed by atoms with E-state index in [0.717, 1.165) is 10.4 Å². The highest BCUT2D eigenvalue weighted by atomic mass is 32.2. The third-order valence-corrected chi connectivity index (χ3v) is 8.52. The maximum absolute atomic E-state index is 14.0. The molecule has 2 amide bonds. The molecular weight excluding hydrogens is 564 g/mol. The number of aryl methyl sites for hydroxylation is 1. The molecule has 1 N–H and O–H groups in total. The Morgan fingerprint density at radius 2 is 1.55 bits per heavy atom. The van der Waals surface area contributed by atoms with E-state index in [0.29, 0.717) is 17.1 Å². The minimum atomic E-state index is -4.49. The second-order valence-corrected chi connectivity index (χ2v) is 11.2. The smallest absolute Gasteiger partial charge is 0.273 e. The van der Waals surface area contributed by atoms with Crippen molar-refractivity contribution in [3.63, 3.8) is 0 Å². The second-order valence-electron chi connectivity index (χ2n) is 9.32. The molecule has 3 rings (SSSR count). The predicted octanol–water partition coefficient (Wildman–Crippen LogP) is 3.67. The van der Waals surface area contributed by atoms with Crippen molar-refractivity contribution in [3.8, 4) is 11.5 Å². The molecule has 0 aromatic heterocycles. The summed E-state index contributed by atoms with van der Waals surface area (Å²) in [5, 5.41) is 14.1. The van der Waals surface area contributed by atoms with Crippen molar-refractivity contribution in [2.75, 3.05) is 32.1 Å². The van der Waals surface area contributed by atoms with Crippen LogP contribution >= 0.6 is 0 Å². The fourth-order valence-electron chi connectivity index (χ4n) is 4.36. The summed E-state index contributed by atoms with van der Waals surface area (Å²) in [6.07, 6.45) is 0.265. The molecule has 0 fully saturated rings. The number of hydrogen-bond acceptors (Lipinski definition) is 8. The zero-order valence-corrected chi connectivity index (χ0v) is 24.9. The van der Waals surface area contributed by atoms with Crippen LogP contribution < -0.4 is 19.1 Å². The number of nitrogens with one attached hydrogen (secondary N) is 1. The second kappa shape index (κ2) is 13.8. The Bertz CT molecular complexity index is 1530. The van der Waals surface area contributed by atoms with Crippen molar-refractivity contribution in [3.05, 3.63) is 88.0 Å². The van der Waals surface area contributed by atoms with E-state index in [1.165, 1.54) is 69.5 Å². The first-order chi connectivity index (χ1) is 20.0. The van der Waals surface area contributed by atoms with E-state index in [1.807, 2.05) is 0 Å². The summed E-state index contributed by atoms with van der Waals surface area (Å²) < 4.78 is 39.3. The van der Waals surface area contributed by atoms with E-state index in [1.54, 1.807) is 31.2 Å². The summed E-state index contributed by atoms with van der Waals surface area (Å²) in [6.45, 7) is 2.58. The Balaban J connectivity index is 2.10. The van der Waals surface area contributed by atoms with Crippen LogP contribution in [0.3, 0.4) is 0 Å². The molecule has 0 saturated carbocycles. The van der Waals surface area contributed by atoms with E-state index in [9.17, 15) is 28.1 Å². The van der Waals surface area contributed by atoms with Crippen LogP contribution in [0, 0.1) is 17.0 Å². The number of hydrogen-bond donors (Lipinski definition) is 1. The fourth-order valence-corrected chi connectivity index (χ4v) is 5.80. The Labute approximate surface area is 245 Å². The molecule has 0 aliphatic carbocycles. The van der Waals surface area contributed by atoms with Crippen molar-refractivity contribution < 1.29 is 32.4 Å². The molecule has 0 heterocycles. The Kier molecular flexibility index (Phi) is 10.5. The van der Waals surface area contributed by atoms with Crippen LogP contribution in [0.25, 0.3) is 0 Å². The van der Waals surface area contributed by atoms with Crippen LogP contribution in [0.2, 0.25) is 0 Å². The van der Waals surface area contributed by atoms with Gasteiger partial charge >= 0.3 is 0 Å². The van der Waals surface area contributed by atoms with Gasteiger partial charge in [0.2, 0.25) is 11.8 Å². The highest BCUT2D eigenvalue weighted by molar-refractivity contribution is 7.92. The number of benzene rings is 3. The van der Waals surface area contributed by atoms with E-state index in [2.05, 4.69) is 5.32 Å². The molecule has 0 radical (unpaired) electrons. The van der Waals surface area contributed by atoms with Crippen molar-refractivity contribution in [2.24, 2.45) is 0 Å². The summed E-state index contributed by atoms with van der Waals surface area (Å²) >= 11 is 0. The van der Waals surface area contributed by atoms with Crippen LogP contribution in [0.5, 0.6) is 11.5 Å². The summed E-state index contributed by atoms with van der Waals surface area (Å²) in [4.78, 5) is 38.7. The lowest BCUT2D eigenvalue weighted by Gasteiger charge is -2.33. The monoisotopic (exact) mass is 598 g/mol. The lowest BCUT2D eigenvalue weighted by atomic mass is 10.1. The number of nitro groups is 1. The van der Waals surface area contributed by atoms with Gasteiger partial charge in [0.15, 0.2) is 0 Å². The Morgan fingerprint density at radius 1 is 0.976 bits per heavy atom. The number of nitrogens with zero attached hydrogens (tertiary/aromatic N) is 3. The molecule has 3 aromatic carbocycles. The standard InChI is InChI=1S/C29H34N4O8S/c1-6-26(29(35)30-3)31(18-21-8-12-23(40-4)13-9-21)28(34)19-32(22-10-14-24(41-5)15-11-22)42(38,39)25-16-7-20(2)27(17-25)33(36)37/h7-17,26H,6,18-19H2,1-5H3,(H,30,35). The molecule has 0 saturated heterocycles. The van der Waals surface area contributed by atoms with Gasteiger partial charge < -0.3 is 19.7 Å². The van der Waals surface area contributed by atoms with Gasteiger partial charge in [-0.25, -0.2) is 8.42 Å². The maximum atomic E-state index is 14.0. The number of carbonyl (C=O) groups is 2. The summed E-state index contributed by atoms with van der Waals surface area (Å²) in [6, 6.07) is 15.6. The van der Waals surface area contributed by atoms with Crippen LogP contribution in [0.15, 0.2) is 71.6 Å². The minimum Gasteiger partial charge on any atom is -0.497 e. The van der Waals surface area contributed by atoms with Gasteiger partial charge in [-0.1, -0.05) is 25.1 Å². The molecule has 0 spiro atoms. The SMILES string of the molecule is CCC(C(=O)NC)N(Cc1ccc(OC)cc1)C(=O)CN(c1ccc(OC)cc1)S(=O)(=O)c1ccc(C)c([N+](=O)[O-])c1. The third-order valence-electron chi connectivity index (χ3n) is 6.75. The maximum Gasteiger partial charge on any atom is 0.273 e. The number of sulfonamides is 1. The molecule has 0 aliphatic rings. The van der Waals surface area contributed by atoms with Crippen molar-refractivity contribution in [1.82, 2.24) is 10.2 Å². The van der Waals surface area contributed by atoms with E-state index < -0.39 is 39.3 Å². The molecule has 42 heavy (non-hydrogen) atoms. The molecule has 13 heteroatoms. The highest BCUT2D eigenvalue weighted by Crippen LogP contribution is 2.29. The van der Waals surface area contributed by atoms with Crippen molar-refractivity contribution in [2.45, 2.75) is 37.8 Å². The van der Waals surface area contributed by atoms with Gasteiger partial charge in [0.25, 0.3) is 15.7 Å². The molecule has 0 aliphatic heterocycles. The topological polar surface area (TPSA) is 148 Å². The zero-order chi connectivity index (χ0) is 31.0. The molecular formula is C29H34N4O8S. The molecule has 224 valence electrons. The van der Waals surface area contributed by atoms with Gasteiger partial charge in [-0.2, -0.15) is 0 Å². The number of methoxy groups -OCH3 is 2. The van der Waals surface area contributed by atoms with Gasteiger partial charge in [0, 0.05) is 25.2 Å². The number of carbonyl (C=O) groups excluding carboxylic acids is 2. The number of anilines is 1. The minimum absolute atomic E-state index is 0.0151. The average Bonchev–Trinajstić information content (AvgIpc) is 2.99. The fraction of sp³-hybridized carbons (Fsp3) is 0.310. The van der Waals surface area contributed by atoms with Gasteiger partial charge in [-0.15, -0.1) is 0 Å². The largest absolute Gasteiger partial charge is 0.497 e. The van der Waals surface area contributed by atoms with Crippen molar-refractivity contribution >= 4 is 33.2 Å². The van der Waals surface area contributed by atoms with E-state index in [-0.39, 0.29) is 34.8 Å².